The first-order valence-electron chi connectivity index (χ1n) is 6.26. The second-order valence-corrected chi connectivity index (χ2v) is 5.13. The van der Waals surface area contributed by atoms with Crippen molar-refractivity contribution < 1.29 is 0 Å². The number of benzene rings is 1. The Hall–Kier alpha value is -1.32. The smallest absolute Gasteiger partial charge is 0.148 e. The van der Waals surface area contributed by atoms with Crippen molar-refractivity contribution in [3.8, 4) is 0 Å². The largest absolute Gasteiger partial charge is 0.353 e. The van der Waals surface area contributed by atoms with Crippen LogP contribution in [0.1, 0.15) is 5.56 Å². The molecule has 3 rings (SSSR count). The highest BCUT2D eigenvalue weighted by Gasteiger charge is 2.15. The number of aryl methyl sites for hydroxylation is 1. The predicted octanol–water partition coefficient (Wildman–Crippen LogP) is 2.61. The van der Waals surface area contributed by atoms with Crippen molar-refractivity contribution in [2.75, 3.05) is 31.1 Å². The van der Waals surface area contributed by atoms with E-state index in [0.717, 1.165) is 47.9 Å². The molecule has 0 atom stereocenters. The third kappa shape index (κ3) is 2.16. The molecule has 1 aromatic carbocycles. The van der Waals surface area contributed by atoms with Crippen molar-refractivity contribution in [3.05, 3.63) is 34.9 Å². The molecule has 0 spiro atoms. The number of piperazine rings is 1. The van der Waals surface area contributed by atoms with Gasteiger partial charge in [-0.05, 0) is 25.1 Å². The normalized spacial score (nSPS) is 16.2. The lowest BCUT2D eigenvalue weighted by Gasteiger charge is -2.29. The van der Waals surface area contributed by atoms with Gasteiger partial charge in [-0.3, -0.25) is 0 Å². The summed E-state index contributed by atoms with van der Waals surface area (Å²) in [6, 6.07) is 8.29. The van der Waals surface area contributed by atoms with Crippen molar-refractivity contribution in [2.45, 2.75) is 6.92 Å². The average Bonchev–Trinajstić information content (AvgIpc) is 2.39. The number of rotatable bonds is 1. The molecule has 2 heterocycles. The molecule has 0 bridgehead atoms. The van der Waals surface area contributed by atoms with Crippen LogP contribution < -0.4 is 10.2 Å². The highest BCUT2D eigenvalue weighted by Crippen LogP contribution is 2.28. The fraction of sp³-hybridized carbons (Fsp3) is 0.357. The van der Waals surface area contributed by atoms with Gasteiger partial charge in [-0.2, -0.15) is 0 Å². The van der Waals surface area contributed by atoms with Gasteiger partial charge in [-0.25, -0.2) is 4.98 Å². The van der Waals surface area contributed by atoms with E-state index in [0.29, 0.717) is 0 Å². The number of hydrogen-bond donors (Lipinski definition) is 1. The molecule has 0 unspecified atom stereocenters. The van der Waals surface area contributed by atoms with Crippen molar-refractivity contribution >= 4 is 28.3 Å². The van der Waals surface area contributed by atoms with Crippen LogP contribution in [0.3, 0.4) is 0 Å². The minimum Gasteiger partial charge on any atom is -0.353 e. The Balaban J connectivity index is 2.06. The summed E-state index contributed by atoms with van der Waals surface area (Å²) in [6.45, 7) is 5.99. The van der Waals surface area contributed by atoms with Gasteiger partial charge in [0, 0.05) is 31.6 Å². The highest BCUT2D eigenvalue weighted by molar-refractivity contribution is 6.33. The second kappa shape index (κ2) is 4.75. The zero-order chi connectivity index (χ0) is 12.5. The minimum absolute atomic E-state index is 0.745. The lowest BCUT2D eigenvalue weighted by Crippen LogP contribution is -2.44. The number of anilines is 1. The Kier molecular flexibility index (Phi) is 3.10. The van der Waals surface area contributed by atoms with Gasteiger partial charge in [0.2, 0.25) is 0 Å². The van der Waals surface area contributed by atoms with Crippen LogP contribution in [0.25, 0.3) is 10.9 Å². The molecule has 1 aliphatic heterocycles. The van der Waals surface area contributed by atoms with Gasteiger partial charge in [-0.15, -0.1) is 0 Å². The van der Waals surface area contributed by atoms with E-state index in [4.69, 9.17) is 16.6 Å². The van der Waals surface area contributed by atoms with Crippen LogP contribution in [0.2, 0.25) is 5.02 Å². The van der Waals surface area contributed by atoms with Crippen LogP contribution in [0.15, 0.2) is 24.3 Å². The molecule has 18 heavy (non-hydrogen) atoms. The number of halogens is 1. The van der Waals surface area contributed by atoms with E-state index in [1.165, 1.54) is 5.56 Å². The van der Waals surface area contributed by atoms with E-state index < -0.39 is 0 Å². The highest BCUT2D eigenvalue weighted by atomic mass is 35.5. The van der Waals surface area contributed by atoms with Crippen LogP contribution in [-0.4, -0.2) is 31.2 Å². The number of nitrogens with zero attached hydrogens (tertiary/aromatic N) is 2. The number of pyridine rings is 1. The molecule has 0 amide bonds. The molecule has 0 radical (unpaired) electrons. The number of fused-ring (bicyclic) bond motifs is 1. The van der Waals surface area contributed by atoms with Crippen LogP contribution in [0.4, 0.5) is 5.82 Å². The maximum atomic E-state index is 6.36. The molecule has 1 aliphatic rings. The Morgan fingerprint density at radius 1 is 1.22 bits per heavy atom. The van der Waals surface area contributed by atoms with Crippen LogP contribution >= 0.6 is 11.6 Å². The van der Waals surface area contributed by atoms with Crippen molar-refractivity contribution in [2.24, 2.45) is 0 Å². The van der Waals surface area contributed by atoms with E-state index in [2.05, 4.69) is 35.3 Å². The number of hydrogen-bond acceptors (Lipinski definition) is 3. The number of aromatic nitrogens is 1. The van der Waals surface area contributed by atoms with Crippen molar-refractivity contribution in [1.82, 2.24) is 10.3 Å². The van der Waals surface area contributed by atoms with Crippen LogP contribution in [-0.2, 0) is 0 Å². The summed E-state index contributed by atoms with van der Waals surface area (Å²) in [5.41, 5.74) is 2.24. The quantitative estimate of drug-likeness (QED) is 0.855. The van der Waals surface area contributed by atoms with E-state index in [-0.39, 0.29) is 0 Å². The SMILES string of the molecule is Cc1ccc2nc(N3CCNCC3)c(Cl)cc2c1. The van der Waals surface area contributed by atoms with Crippen LogP contribution in [0.5, 0.6) is 0 Å². The molecule has 3 nitrogen and oxygen atoms in total. The van der Waals surface area contributed by atoms with Gasteiger partial charge < -0.3 is 10.2 Å². The summed E-state index contributed by atoms with van der Waals surface area (Å²) in [7, 11) is 0. The molecular formula is C14H16ClN3. The van der Waals surface area contributed by atoms with Gasteiger partial charge in [0.05, 0.1) is 10.5 Å². The topological polar surface area (TPSA) is 28.2 Å². The minimum atomic E-state index is 0.745. The van der Waals surface area contributed by atoms with E-state index in [1.54, 1.807) is 0 Å². The lowest BCUT2D eigenvalue weighted by atomic mass is 10.1. The zero-order valence-corrected chi connectivity index (χ0v) is 11.2. The molecule has 94 valence electrons. The Bertz CT molecular complexity index is 577. The first-order valence-corrected chi connectivity index (χ1v) is 6.64. The predicted molar refractivity (Wildman–Crippen MR) is 76.6 cm³/mol. The van der Waals surface area contributed by atoms with Gasteiger partial charge in [0.15, 0.2) is 0 Å². The second-order valence-electron chi connectivity index (χ2n) is 4.73. The molecule has 0 saturated carbocycles. The van der Waals surface area contributed by atoms with Gasteiger partial charge in [0.1, 0.15) is 5.82 Å². The first kappa shape index (κ1) is 11.8. The Morgan fingerprint density at radius 2 is 2.00 bits per heavy atom. The molecule has 4 heteroatoms. The van der Waals surface area contributed by atoms with E-state index >= 15 is 0 Å². The molecule has 1 aromatic heterocycles. The summed E-state index contributed by atoms with van der Waals surface area (Å²) < 4.78 is 0. The molecule has 2 aromatic rings. The first-order chi connectivity index (χ1) is 8.74. The summed E-state index contributed by atoms with van der Waals surface area (Å²) >= 11 is 6.36. The van der Waals surface area contributed by atoms with Gasteiger partial charge >= 0.3 is 0 Å². The van der Waals surface area contributed by atoms with E-state index in [1.807, 2.05) is 6.07 Å². The fourth-order valence-electron chi connectivity index (χ4n) is 2.36. The zero-order valence-electron chi connectivity index (χ0n) is 10.4. The third-order valence-corrected chi connectivity index (χ3v) is 3.60. The average molecular weight is 262 g/mol. The monoisotopic (exact) mass is 261 g/mol. The molecule has 1 saturated heterocycles. The third-order valence-electron chi connectivity index (χ3n) is 3.32. The van der Waals surface area contributed by atoms with Gasteiger partial charge in [0.25, 0.3) is 0 Å². The van der Waals surface area contributed by atoms with Crippen molar-refractivity contribution in [1.29, 1.82) is 0 Å². The maximum Gasteiger partial charge on any atom is 0.148 e. The molecular weight excluding hydrogens is 246 g/mol. The maximum absolute atomic E-state index is 6.36. The summed E-state index contributed by atoms with van der Waals surface area (Å²) in [6.07, 6.45) is 0. The Morgan fingerprint density at radius 3 is 2.78 bits per heavy atom. The molecule has 1 fully saturated rings. The van der Waals surface area contributed by atoms with Crippen LogP contribution in [0, 0.1) is 6.92 Å². The summed E-state index contributed by atoms with van der Waals surface area (Å²) in [5.74, 6) is 0.912. The summed E-state index contributed by atoms with van der Waals surface area (Å²) in [4.78, 5) is 6.95. The van der Waals surface area contributed by atoms with Crippen molar-refractivity contribution in [3.63, 3.8) is 0 Å². The molecule has 1 N–H and O–H groups in total. The molecule has 0 aliphatic carbocycles. The van der Waals surface area contributed by atoms with Gasteiger partial charge in [-0.1, -0.05) is 23.2 Å². The van der Waals surface area contributed by atoms with E-state index in [9.17, 15) is 0 Å². The Labute approximate surface area is 112 Å². The standard InChI is InChI=1S/C14H16ClN3/c1-10-2-3-13-11(8-10)9-12(15)14(17-13)18-6-4-16-5-7-18/h2-3,8-9,16H,4-7H2,1H3. The number of nitrogens with one attached hydrogen (secondary N) is 1. The summed E-state index contributed by atoms with van der Waals surface area (Å²) in [5, 5.41) is 5.19. The lowest BCUT2D eigenvalue weighted by molar-refractivity contribution is 0.585. The fourth-order valence-corrected chi connectivity index (χ4v) is 2.64.